The Balaban J connectivity index is -0.000000494. The quantitative estimate of drug-likeness (QED) is 0.475. The summed E-state index contributed by atoms with van der Waals surface area (Å²) >= 11 is 0. The summed E-state index contributed by atoms with van der Waals surface area (Å²) in [7, 11) is 3.78. The van der Waals surface area contributed by atoms with Gasteiger partial charge in [-0.1, -0.05) is 60.5 Å². The molecule has 0 spiro atoms. The monoisotopic (exact) mass is 429 g/mol. The fourth-order valence-corrected chi connectivity index (χ4v) is 2.55. The van der Waals surface area contributed by atoms with Gasteiger partial charge in [-0.25, -0.2) is 4.79 Å². The van der Waals surface area contributed by atoms with E-state index in [2.05, 4.69) is 31.1 Å². The Hall–Kier alpha value is -1.89. The number of likely N-dealkylation sites (tertiary alicyclic amines) is 1. The van der Waals surface area contributed by atoms with Gasteiger partial charge in [0.2, 0.25) is 12.3 Å². The van der Waals surface area contributed by atoms with Crippen LogP contribution in [0.4, 0.5) is 0 Å². The molecule has 2 amide bonds. The lowest BCUT2D eigenvalue weighted by Crippen LogP contribution is -2.43. The molecule has 1 fully saturated rings. The first-order valence-corrected chi connectivity index (χ1v) is 11.1. The summed E-state index contributed by atoms with van der Waals surface area (Å²) in [6, 6.07) is -0.318. The molecule has 178 valence electrons. The molecule has 0 aromatic rings. The molecule has 30 heavy (non-hydrogen) atoms. The SMILES string of the molecule is C/C(=C\[C@H](C(C)C)N(C)C(=O)CNC=O)C(=O)O.CC.CCC.CN1CCCCC1. The molecule has 1 rings (SSSR count). The molecule has 0 bridgehead atoms. The minimum atomic E-state index is -1.01. The standard InChI is InChI=1S/C12H20N2O4.C6H13N.C3H8.C2H6/c1-8(2)10(5-9(3)12(17)18)14(4)11(16)6-13-7-15;1-7-5-3-2-4-6-7;1-3-2;1-2/h5,7-8,10H,6H2,1-4H3,(H,13,15)(H,17,18);2-6H2,1H3;3H2,1-2H3;1-2H3/b9-5+;;;/t10-;;;/m1.../s1. The van der Waals surface area contributed by atoms with Gasteiger partial charge in [-0.15, -0.1) is 0 Å². The highest BCUT2D eigenvalue weighted by molar-refractivity contribution is 5.86. The molecule has 2 N–H and O–H groups in total. The number of nitrogens with one attached hydrogen (secondary N) is 1. The minimum absolute atomic E-state index is 0.0736. The maximum atomic E-state index is 11.7. The number of likely N-dealkylation sites (N-methyl/N-ethyl adjacent to an activating group) is 1. The minimum Gasteiger partial charge on any atom is -0.478 e. The van der Waals surface area contributed by atoms with Crippen molar-refractivity contribution >= 4 is 18.3 Å². The van der Waals surface area contributed by atoms with Crippen LogP contribution in [-0.2, 0) is 14.4 Å². The van der Waals surface area contributed by atoms with E-state index in [0.29, 0.717) is 6.41 Å². The summed E-state index contributed by atoms with van der Waals surface area (Å²) in [5.41, 5.74) is 0.191. The Morgan fingerprint density at radius 2 is 1.60 bits per heavy atom. The van der Waals surface area contributed by atoms with Crippen molar-refractivity contribution < 1.29 is 19.5 Å². The number of carbonyl (C=O) groups excluding carboxylic acids is 2. The number of nitrogens with zero attached hydrogens (tertiary/aromatic N) is 2. The van der Waals surface area contributed by atoms with Crippen LogP contribution >= 0.6 is 0 Å². The predicted octanol–water partition coefficient (Wildman–Crippen LogP) is 3.79. The van der Waals surface area contributed by atoms with Crippen molar-refractivity contribution in [1.82, 2.24) is 15.1 Å². The van der Waals surface area contributed by atoms with E-state index in [9.17, 15) is 14.4 Å². The molecule has 1 atom stereocenters. The highest BCUT2D eigenvalue weighted by Crippen LogP contribution is 2.13. The van der Waals surface area contributed by atoms with Gasteiger partial charge in [0.05, 0.1) is 12.6 Å². The molecular formula is C23H47N3O4. The Morgan fingerprint density at radius 1 is 1.13 bits per heavy atom. The summed E-state index contributed by atoms with van der Waals surface area (Å²) in [6.07, 6.45) is 7.53. The van der Waals surface area contributed by atoms with E-state index >= 15 is 0 Å². The van der Waals surface area contributed by atoms with Crippen LogP contribution in [-0.4, -0.2) is 73.0 Å². The number of carbonyl (C=O) groups is 3. The fraction of sp³-hybridized carbons (Fsp3) is 0.783. The Bertz CT molecular complexity index is 473. The summed E-state index contributed by atoms with van der Waals surface area (Å²) in [5.74, 6) is -1.20. The molecular weight excluding hydrogens is 382 g/mol. The Labute approximate surface area is 184 Å². The first kappa shape index (κ1) is 32.8. The molecule has 7 heteroatoms. The average molecular weight is 430 g/mol. The van der Waals surface area contributed by atoms with Crippen molar-refractivity contribution in [2.24, 2.45) is 5.92 Å². The third kappa shape index (κ3) is 18.2. The van der Waals surface area contributed by atoms with Crippen LogP contribution in [0.3, 0.4) is 0 Å². The number of aliphatic carboxylic acids is 1. The lowest BCUT2D eigenvalue weighted by Gasteiger charge is -2.29. The van der Waals surface area contributed by atoms with Gasteiger partial charge in [0.25, 0.3) is 0 Å². The van der Waals surface area contributed by atoms with Gasteiger partial charge >= 0.3 is 5.97 Å². The third-order valence-corrected chi connectivity index (χ3v) is 4.20. The third-order valence-electron chi connectivity index (χ3n) is 4.20. The maximum Gasteiger partial charge on any atom is 0.331 e. The number of hydrogen-bond donors (Lipinski definition) is 2. The van der Waals surface area contributed by atoms with Crippen LogP contribution in [0.15, 0.2) is 11.6 Å². The molecule has 7 nitrogen and oxygen atoms in total. The van der Waals surface area contributed by atoms with E-state index in [1.807, 2.05) is 27.7 Å². The van der Waals surface area contributed by atoms with Crippen LogP contribution in [0.1, 0.15) is 74.1 Å². The predicted molar refractivity (Wildman–Crippen MR) is 126 cm³/mol. The Kier molecular flexibility index (Phi) is 23.8. The zero-order valence-electron chi connectivity index (χ0n) is 20.8. The molecule has 1 heterocycles. The second-order valence-electron chi connectivity index (χ2n) is 7.46. The zero-order chi connectivity index (χ0) is 24.1. The average Bonchev–Trinajstić information content (AvgIpc) is 2.72. The Morgan fingerprint density at radius 3 is 1.90 bits per heavy atom. The van der Waals surface area contributed by atoms with Gasteiger partial charge in [0.1, 0.15) is 0 Å². The van der Waals surface area contributed by atoms with E-state index in [0.717, 1.165) is 0 Å². The highest BCUT2D eigenvalue weighted by Gasteiger charge is 2.21. The van der Waals surface area contributed by atoms with E-state index in [-0.39, 0.29) is 30.0 Å². The normalized spacial score (nSPS) is 14.5. The number of carboxylic acids is 1. The summed E-state index contributed by atoms with van der Waals surface area (Å²) in [5, 5.41) is 11.1. The van der Waals surface area contributed by atoms with Crippen molar-refractivity contribution in [2.45, 2.75) is 80.2 Å². The fourth-order valence-electron chi connectivity index (χ4n) is 2.55. The van der Waals surface area contributed by atoms with E-state index < -0.39 is 5.97 Å². The number of amides is 2. The number of piperidine rings is 1. The molecule has 1 aliphatic rings. The highest BCUT2D eigenvalue weighted by atomic mass is 16.4. The van der Waals surface area contributed by atoms with Gasteiger partial charge in [-0.2, -0.15) is 0 Å². The van der Waals surface area contributed by atoms with E-state index in [1.54, 1.807) is 13.1 Å². The van der Waals surface area contributed by atoms with Crippen LogP contribution in [0.2, 0.25) is 0 Å². The molecule has 0 aromatic heterocycles. The van der Waals surface area contributed by atoms with E-state index in [4.69, 9.17) is 5.11 Å². The molecule has 0 saturated carbocycles. The largest absolute Gasteiger partial charge is 0.478 e. The van der Waals surface area contributed by atoms with Gasteiger partial charge in [0, 0.05) is 12.6 Å². The first-order chi connectivity index (χ1) is 14.1. The second-order valence-corrected chi connectivity index (χ2v) is 7.46. The van der Waals surface area contributed by atoms with Crippen LogP contribution in [0.25, 0.3) is 0 Å². The molecule has 1 aliphatic heterocycles. The lowest BCUT2D eigenvalue weighted by atomic mass is 10.00. The number of hydrogen-bond acceptors (Lipinski definition) is 4. The summed E-state index contributed by atoms with van der Waals surface area (Å²) in [4.78, 5) is 36.5. The second kappa shape index (κ2) is 21.8. The van der Waals surface area contributed by atoms with Crippen molar-refractivity contribution in [3.05, 3.63) is 11.6 Å². The number of carboxylic acid groups (broad SMARTS) is 1. The molecule has 0 aromatic carbocycles. The van der Waals surface area contributed by atoms with Crippen LogP contribution in [0.5, 0.6) is 0 Å². The van der Waals surface area contributed by atoms with Crippen molar-refractivity contribution in [3.63, 3.8) is 0 Å². The van der Waals surface area contributed by atoms with Crippen molar-refractivity contribution in [2.75, 3.05) is 33.7 Å². The first-order valence-electron chi connectivity index (χ1n) is 11.1. The molecule has 0 unspecified atom stereocenters. The van der Waals surface area contributed by atoms with Crippen molar-refractivity contribution in [1.29, 1.82) is 0 Å². The van der Waals surface area contributed by atoms with Gasteiger partial charge < -0.3 is 20.2 Å². The van der Waals surface area contributed by atoms with E-state index in [1.165, 1.54) is 50.6 Å². The molecule has 0 aliphatic carbocycles. The number of rotatable bonds is 7. The smallest absolute Gasteiger partial charge is 0.331 e. The maximum absolute atomic E-state index is 11.7. The lowest BCUT2D eigenvalue weighted by molar-refractivity contribution is -0.133. The summed E-state index contributed by atoms with van der Waals surface area (Å²) < 4.78 is 0. The van der Waals surface area contributed by atoms with Gasteiger partial charge in [-0.3, -0.25) is 9.59 Å². The van der Waals surface area contributed by atoms with Gasteiger partial charge in [0.15, 0.2) is 0 Å². The van der Waals surface area contributed by atoms with Crippen LogP contribution < -0.4 is 5.32 Å². The topological polar surface area (TPSA) is 90.0 Å². The zero-order valence-corrected chi connectivity index (χ0v) is 20.8. The van der Waals surface area contributed by atoms with Crippen molar-refractivity contribution in [3.8, 4) is 0 Å². The van der Waals surface area contributed by atoms with Gasteiger partial charge in [-0.05, 0) is 45.8 Å². The summed E-state index contributed by atoms with van der Waals surface area (Å²) in [6.45, 7) is 16.1. The molecule has 1 saturated heterocycles. The van der Waals surface area contributed by atoms with Crippen LogP contribution in [0, 0.1) is 5.92 Å². The molecule has 0 radical (unpaired) electrons.